The van der Waals surface area contributed by atoms with Gasteiger partial charge in [-0.2, -0.15) is 4.98 Å². The Morgan fingerprint density at radius 2 is 1.80 bits per heavy atom. The van der Waals surface area contributed by atoms with Crippen molar-refractivity contribution in [3.63, 3.8) is 0 Å². The number of imidazole rings is 1. The molecule has 0 amide bonds. The molecule has 0 aliphatic carbocycles. The number of rotatable bonds is 4. The van der Waals surface area contributed by atoms with Crippen molar-refractivity contribution >= 4 is 20.9 Å². The molecule has 1 N–H and O–H groups in total. The molecule has 4 aromatic rings. The lowest BCUT2D eigenvalue weighted by molar-refractivity contribution is 0.389. The summed E-state index contributed by atoms with van der Waals surface area (Å²) in [6.07, 6.45) is 0. The van der Waals surface area contributed by atoms with Crippen molar-refractivity contribution in [1.82, 2.24) is 20.1 Å². The smallest absolute Gasteiger partial charge is 0.242 e. The average molecular weight is 354 g/mol. The summed E-state index contributed by atoms with van der Waals surface area (Å²) in [6.45, 7) is 1.98. The van der Waals surface area contributed by atoms with Crippen LogP contribution < -0.4 is 0 Å². The molecule has 0 saturated heterocycles. The molecule has 2 aromatic carbocycles. The number of hydrogen-bond donors (Lipinski definition) is 1. The van der Waals surface area contributed by atoms with Gasteiger partial charge in [-0.3, -0.25) is 0 Å². The molecule has 0 radical (unpaired) electrons. The lowest BCUT2D eigenvalue weighted by Crippen LogP contribution is -2.07. The van der Waals surface area contributed by atoms with Crippen LogP contribution in [0.3, 0.4) is 0 Å². The van der Waals surface area contributed by atoms with E-state index in [1.807, 2.05) is 37.3 Å². The van der Waals surface area contributed by atoms with Gasteiger partial charge in [0, 0.05) is 5.56 Å². The number of aromatic amines is 1. The first-order chi connectivity index (χ1) is 12.0. The summed E-state index contributed by atoms with van der Waals surface area (Å²) < 4.78 is 30.2. The van der Waals surface area contributed by atoms with E-state index in [0.29, 0.717) is 16.9 Å². The minimum Gasteiger partial charge on any atom is -0.338 e. The average Bonchev–Trinajstić information content (AvgIpc) is 3.22. The highest BCUT2D eigenvalue weighted by atomic mass is 32.2. The first-order valence-electron chi connectivity index (χ1n) is 7.58. The highest BCUT2D eigenvalue weighted by Gasteiger charge is 2.23. The van der Waals surface area contributed by atoms with Gasteiger partial charge in [0.15, 0.2) is 0 Å². The zero-order chi connectivity index (χ0) is 17.4. The van der Waals surface area contributed by atoms with Crippen molar-refractivity contribution in [2.75, 3.05) is 0 Å². The van der Waals surface area contributed by atoms with Crippen molar-refractivity contribution in [2.45, 2.75) is 17.8 Å². The molecule has 126 valence electrons. The van der Waals surface area contributed by atoms with Crippen LogP contribution in [-0.4, -0.2) is 28.5 Å². The maximum atomic E-state index is 12.5. The standard InChI is InChI=1S/C17H14N4O3S/c1-11-6-8-12(9-7-11)16-20-15(24-21-16)10-25(22,23)17-18-13-4-2-3-5-14(13)19-17/h2-9H,10H2,1H3,(H,18,19). The third kappa shape index (κ3) is 3.03. The third-order valence-electron chi connectivity index (χ3n) is 3.75. The topological polar surface area (TPSA) is 102 Å². The number of nitrogens with zero attached hydrogens (tertiary/aromatic N) is 3. The van der Waals surface area contributed by atoms with Crippen LogP contribution in [0.4, 0.5) is 0 Å². The number of H-pyrrole nitrogens is 1. The molecule has 0 fully saturated rings. The lowest BCUT2D eigenvalue weighted by atomic mass is 10.1. The molecule has 2 aromatic heterocycles. The van der Waals surface area contributed by atoms with E-state index in [4.69, 9.17) is 4.52 Å². The molecule has 0 bridgehead atoms. The first kappa shape index (κ1) is 15.5. The van der Waals surface area contributed by atoms with Crippen LogP contribution >= 0.6 is 0 Å². The summed E-state index contributed by atoms with van der Waals surface area (Å²) in [7, 11) is -3.71. The second-order valence-electron chi connectivity index (χ2n) is 5.70. The fourth-order valence-corrected chi connectivity index (χ4v) is 3.52. The second kappa shape index (κ2) is 5.82. The molecule has 2 heterocycles. The summed E-state index contributed by atoms with van der Waals surface area (Å²) in [5.74, 6) is -0.0306. The van der Waals surface area contributed by atoms with Gasteiger partial charge in [-0.15, -0.1) is 0 Å². The van der Waals surface area contributed by atoms with Crippen LogP contribution in [0.1, 0.15) is 11.5 Å². The van der Waals surface area contributed by atoms with E-state index < -0.39 is 15.6 Å². The van der Waals surface area contributed by atoms with E-state index in [0.717, 1.165) is 11.1 Å². The number of aromatic nitrogens is 4. The Bertz CT molecular complexity index is 1110. The predicted octanol–water partition coefficient (Wildman–Crippen LogP) is 2.90. The molecule has 4 rings (SSSR count). The van der Waals surface area contributed by atoms with Crippen molar-refractivity contribution in [2.24, 2.45) is 0 Å². The highest BCUT2D eigenvalue weighted by Crippen LogP contribution is 2.20. The van der Waals surface area contributed by atoms with Crippen LogP contribution in [0.2, 0.25) is 0 Å². The third-order valence-corrected chi connectivity index (χ3v) is 5.16. The summed E-state index contributed by atoms with van der Waals surface area (Å²) in [5, 5.41) is 3.75. The SMILES string of the molecule is Cc1ccc(-c2noc(CS(=O)(=O)c3nc4ccccc4[nH]3)n2)cc1. The Balaban J connectivity index is 1.62. The largest absolute Gasteiger partial charge is 0.338 e. The molecular weight excluding hydrogens is 340 g/mol. The minimum absolute atomic E-state index is 0.0241. The van der Waals surface area contributed by atoms with Gasteiger partial charge in [0.05, 0.1) is 11.0 Å². The Kier molecular flexibility index (Phi) is 3.61. The van der Waals surface area contributed by atoms with E-state index >= 15 is 0 Å². The lowest BCUT2D eigenvalue weighted by Gasteiger charge is -1.96. The van der Waals surface area contributed by atoms with Gasteiger partial charge in [0.25, 0.3) is 0 Å². The second-order valence-corrected chi connectivity index (χ2v) is 7.60. The van der Waals surface area contributed by atoms with E-state index in [1.165, 1.54) is 0 Å². The molecular formula is C17H14N4O3S. The zero-order valence-electron chi connectivity index (χ0n) is 13.3. The number of aryl methyl sites for hydroxylation is 1. The summed E-state index contributed by atoms with van der Waals surface area (Å²) in [6, 6.07) is 14.7. The molecule has 0 unspecified atom stereocenters. The van der Waals surface area contributed by atoms with Gasteiger partial charge in [0.1, 0.15) is 5.75 Å². The molecule has 25 heavy (non-hydrogen) atoms. The van der Waals surface area contributed by atoms with E-state index in [-0.39, 0.29) is 11.0 Å². The maximum absolute atomic E-state index is 12.5. The predicted molar refractivity (Wildman–Crippen MR) is 91.5 cm³/mol. The summed E-state index contributed by atoms with van der Waals surface area (Å²) in [5.41, 5.74) is 3.13. The van der Waals surface area contributed by atoms with Crippen molar-refractivity contribution < 1.29 is 12.9 Å². The summed E-state index contributed by atoms with van der Waals surface area (Å²) in [4.78, 5) is 11.1. The molecule has 0 saturated carbocycles. The summed E-state index contributed by atoms with van der Waals surface area (Å²) >= 11 is 0. The minimum atomic E-state index is -3.71. The van der Waals surface area contributed by atoms with E-state index in [1.54, 1.807) is 18.2 Å². The van der Waals surface area contributed by atoms with Crippen LogP contribution in [-0.2, 0) is 15.6 Å². The highest BCUT2D eigenvalue weighted by molar-refractivity contribution is 7.90. The van der Waals surface area contributed by atoms with E-state index in [9.17, 15) is 8.42 Å². The Labute approximate surface area is 143 Å². The molecule has 0 atom stereocenters. The Morgan fingerprint density at radius 3 is 2.56 bits per heavy atom. The van der Waals surface area contributed by atoms with Crippen LogP contribution in [0.15, 0.2) is 58.2 Å². The van der Waals surface area contributed by atoms with Gasteiger partial charge in [0.2, 0.25) is 26.7 Å². The fourth-order valence-electron chi connectivity index (χ4n) is 2.44. The molecule has 8 heteroatoms. The number of sulfone groups is 1. The van der Waals surface area contributed by atoms with Crippen molar-refractivity contribution in [3.8, 4) is 11.4 Å². The van der Waals surface area contributed by atoms with Crippen molar-refractivity contribution in [3.05, 3.63) is 60.0 Å². The normalized spacial score (nSPS) is 11.9. The molecule has 7 nitrogen and oxygen atoms in total. The van der Waals surface area contributed by atoms with Crippen LogP contribution in [0.5, 0.6) is 0 Å². The van der Waals surface area contributed by atoms with Crippen molar-refractivity contribution in [1.29, 1.82) is 0 Å². The quantitative estimate of drug-likeness (QED) is 0.604. The Hall–Kier alpha value is -3.00. The van der Waals surface area contributed by atoms with Gasteiger partial charge in [-0.05, 0) is 19.1 Å². The number of nitrogens with one attached hydrogen (secondary N) is 1. The monoisotopic (exact) mass is 354 g/mol. The number of benzene rings is 2. The zero-order valence-corrected chi connectivity index (χ0v) is 14.1. The maximum Gasteiger partial charge on any atom is 0.242 e. The van der Waals surface area contributed by atoms with Gasteiger partial charge in [-0.1, -0.05) is 47.1 Å². The number of para-hydroxylation sites is 2. The van der Waals surface area contributed by atoms with Gasteiger partial charge in [-0.25, -0.2) is 13.4 Å². The van der Waals surface area contributed by atoms with Crippen LogP contribution in [0, 0.1) is 6.92 Å². The van der Waals surface area contributed by atoms with Crippen LogP contribution in [0.25, 0.3) is 22.4 Å². The first-order valence-corrected chi connectivity index (χ1v) is 9.24. The molecule has 0 spiro atoms. The molecule has 0 aliphatic rings. The molecule has 0 aliphatic heterocycles. The van der Waals surface area contributed by atoms with Gasteiger partial charge < -0.3 is 9.51 Å². The number of hydrogen-bond acceptors (Lipinski definition) is 6. The van der Waals surface area contributed by atoms with Gasteiger partial charge >= 0.3 is 0 Å². The fraction of sp³-hybridized carbons (Fsp3) is 0.118. The number of fused-ring (bicyclic) bond motifs is 1. The van der Waals surface area contributed by atoms with E-state index in [2.05, 4.69) is 20.1 Å². The Morgan fingerprint density at radius 1 is 1.04 bits per heavy atom.